The summed E-state index contributed by atoms with van der Waals surface area (Å²) in [5, 5.41) is 9.97. The van der Waals surface area contributed by atoms with Crippen molar-refractivity contribution in [3.63, 3.8) is 0 Å². The van der Waals surface area contributed by atoms with Crippen LogP contribution in [0, 0.1) is 0 Å². The van der Waals surface area contributed by atoms with E-state index in [4.69, 9.17) is 0 Å². The number of hydrogen-bond donors (Lipinski definition) is 0. The zero-order chi connectivity index (χ0) is 36.6. The van der Waals surface area contributed by atoms with Crippen LogP contribution in [0.2, 0.25) is 0 Å². The van der Waals surface area contributed by atoms with Gasteiger partial charge < -0.3 is 9.80 Å². The second-order valence-corrected chi connectivity index (χ2v) is 14.1. The van der Waals surface area contributed by atoms with Crippen LogP contribution in [0.25, 0.3) is 48.7 Å². The predicted octanol–water partition coefficient (Wildman–Crippen LogP) is 14.8. The Bertz CT molecular complexity index is 2940. The van der Waals surface area contributed by atoms with Gasteiger partial charge in [-0.1, -0.05) is 164 Å². The average molecular weight is 703 g/mol. The molecule has 0 saturated carbocycles. The second-order valence-electron chi connectivity index (χ2n) is 14.1. The van der Waals surface area contributed by atoms with E-state index in [1.54, 1.807) is 0 Å². The maximum atomic E-state index is 2.41. The van der Waals surface area contributed by atoms with Crippen LogP contribution in [-0.4, -0.2) is 0 Å². The quantitative estimate of drug-likeness (QED) is 0.153. The molecule has 0 atom stereocenters. The number of nitrogens with zero attached hydrogens (tertiary/aromatic N) is 2. The van der Waals surface area contributed by atoms with Gasteiger partial charge in [-0.3, -0.25) is 0 Å². The van der Waals surface area contributed by atoms with Gasteiger partial charge in [0.15, 0.2) is 0 Å². The standard InChI is InChI=1S/C53H38N2/c1-3-19-42(20-4-1)54(52-36-40-16-7-9-24-46(40)48-26-11-13-28-50(48)52)44-23-15-18-38(30-33-44)39-31-34-45(35-32-39)55(43-21-5-2-6-22-43)53-37-41-17-8-10-25-47(41)49-27-12-14-29-51(49)53/h1-14,16-37H,15H2. The van der Waals surface area contributed by atoms with Crippen LogP contribution in [0.4, 0.5) is 28.4 Å². The van der Waals surface area contributed by atoms with Crippen LogP contribution in [-0.2, 0) is 0 Å². The lowest BCUT2D eigenvalue weighted by molar-refractivity contribution is 1.19. The van der Waals surface area contributed by atoms with Crippen molar-refractivity contribution in [2.75, 3.05) is 9.80 Å². The van der Waals surface area contributed by atoms with Crippen LogP contribution in [0.1, 0.15) is 12.0 Å². The van der Waals surface area contributed by atoms with Gasteiger partial charge in [0.25, 0.3) is 0 Å². The van der Waals surface area contributed by atoms with Crippen molar-refractivity contribution < 1.29 is 0 Å². The van der Waals surface area contributed by atoms with E-state index >= 15 is 0 Å². The lowest BCUT2D eigenvalue weighted by Crippen LogP contribution is -2.15. The monoisotopic (exact) mass is 702 g/mol. The molecule has 9 aromatic rings. The Kier molecular flexibility index (Phi) is 8.27. The highest BCUT2D eigenvalue weighted by atomic mass is 15.2. The molecule has 0 radical (unpaired) electrons. The van der Waals surface area contributed by atoms with E-state index < -0.39 is 0 Å². The lowest BCUT2D eigenvalue weighted by atomic mass is 9.98. The molecule has 0 saturated heterocycles. The summed E-state index contributed by atoms with van der Waals surface area (Å²) in [6, 6.07) is 70.1. The molecule has 2 heteroatoms. The molecule has 0 N–H and O–H groups in total. The summed E-state index contributed by atoms with van der Waals surface area (Å²) < 4.78 is 0. The molecule has 0 fully saturated rings. The molecule has 0 amide bonds. The summed E-state index contributed by atoms with van der Waals surface area (Å²) in [4.78, 5) is 4.80. The minimum Gasteiger partial charge on any atom is -0.310 e. The minimum atomic E-state index is 0.813. The first-order valence-corrected chi connectivity index (χ1v) is 19.0. The van der Waals surface area contributed by atoms with E-state index in [0.29, 0.717) is 0 Å². The van der Waals surface area contributed by atoms with E-state index in [0.717, 1.165) is 34.9 Å². The SMILES string of the molecule is C1=CC(N(c2ccccc2)c2cc3ccccc3c3ccccc23)=CCC=C1c1ccc(N(c2ccccc2)c2cc3ccccc3c3ccccc23)cc1. The molecule has 260 valence electrons. The molecule has 0 bridgehead atoms. The van der Waals surface area contributed by atoms with Crippen molar-refractivity contribution in [1.82, 2.24) is 0 Å². The van der Waals surface area contributed by atoms with Crippen molar-refractivity contribution in [2.45, 2.75) is 6.42 Å². The molecule has 0 unspecified atom stereocenters. The summed E-state index contributed by atoms with van der Waals surface area (Å²) in [6.45, 7) is 0. The highest BCUT2D eigenvalue weighted by molar-refractivity contribution is 6.15. The van der Waals surface area contributed by atoms with E-state index in [-0.39, 0.29) is 0 Å². The third-order valence-electron chi connectivity index (χ3n) is 10.8. The Labute approximate surface area is 321 Å². The zero-order valence-electron chi connectivity index (χ0n) is 30.4. The number of rotatable bonds is 7. The molecule has 55 heavy (non-hydrogen) atoms. The molecule has 10 rings (SSSR count). The first kappa shape index (κ1) is 32.5. The van der Waals surface area contributed by atoms with E-state index in [1.165, 1.54) is 59.9 Å². The molecular formula is C53H38N2. The molecule has 9 aromatic carbocycles. The summed E-state index contributed by atoms with van der Waals surface area (Å²) in [7, 11) is 0. The Morgan fingerprint density at radius 3 is 1.33 bits per heavy atom. The van der Waals surface area contributed by atoms with Crippen molar-refractivity contribution in [2.24, 2.45) is 0 Å². The summed E-state index contributed by atoms with van der Waals surface area (Å²) in [5.74, 6) is 0. The normalized spacial score (nSPS) is 12.8. The topological polar surface area (TPSA) is 6.48 Å². The van der Waals surface area contributed by atoms with Crippen molar-refractivity contribution in [3.8, 4) is 0 Å². The van der Waals surface area contributed by atoms with Crippen molar-refractivity contribution >= 4 is 77.1 Å². The fraction of sp³-hybridized carbons (Fsp3) is 0.0189. The van der Waals surface area contributed by atoms with Crippen molar-refractivity contribution in [3.05, 3.63) is 230 Å². The molecule has 1 aliphatic rings. The third kappa shape index (κ3) is 5.95. The van der Waals surface area contributed by atoms with Gasteiger partial charge in [-0.15, -0.1) is 0 Å². The van der Waals surface area contributed by atoms with Crippen LogP contribution < -0.4 is 9.80 Å². The van der Waals surface area contributed by atoms with Gasteiger partial charge in [-0.2, -0.15) is 0 Å². The molecular weight excluding hydrogens is 665 g/mol. The van der Waals surface area contributed by atoms with E-state index in [9.17, 15) is 0 Å². The van der Waals surface area contributed by atoms with Gasteiger partial charge in [0, 0.05) is 33.5 Å². The largest absolute Gasteiger partial charge is 0.310 e. The average Bonchev–Trinajstić information content (AvgIpc) is 3.51. The maximum Gasteiger partial charge on any atom is 0.0546 e. The fourth-order valence-electron chi connectivity index (χ4n) is 8.25. The first-order chi connectivity index (χ1) is 27.3. The predicted molar refractivity (Wildman–Crippen MR) is 236 cm³/mol. The highest BCUT2D eigenvalue weighted by Crippen LogP contribution is 2.43. The summed E-state index contributed by atoms with van der Waals surface area (Å²) >= 11 is 0. The smallest absolute Gasteiger partial charge is 0.0546 e. The van der Waals surface area contributed by atoms with Gasteiger partial charge in [0.05, 0.1) is 11.4 Å². The molecule has 0 heterocycles. The van der Waals surface area contributed by atoms with Gasteiger partial charge in [-0.05, 0) is 104 Å². The molecule has 0 aromatic heterocycles. The van der Waals surface area contributed by atoms with Gasteiger partial charge in [-0.25, -0.2) is 0 Å². The maximum absolute atomic E-state index is 2.41. The van der Waals surface area contributed by atoms with Crippen LogP contribution in [0.3, 0.4) is 0 Å². The Morgan fingerprint density at radius 2 is 0.764 bits per heavy atom. The Balaban J connectivity index is 1.03. The molecule has 0 aliphatic heterocycles. The number of allylic oxidation sites excluding steroid dienone is 5. The zero-order valence-corrected chi connectivity index (χ0v) is 30.4. The number of para-hydroxylation sites is 2. The Hall–Kier alpha value is -7.16. The van der Waals surface area contributed by atoms with Gasteiger partial charge >= 0.3 is 0 Å². The Morgan fingerprint density at radius 1 is 0.327 bits per heavy atom. The third-order valence-corrected chi connectivity index (χ3v) is 10.8. The highest BCUT2D eigenvalue weighted by Gasteiger charge is 2.20. The molecule has 2 nitrogen and oxygen atoms in total. The lowest BCUT2D eigenvalue weighted by Gasteiger charge is -2.28. The van der Waals surface area contributed by atoms with Crippen molar-refractivity contribution in [1.29, 1.82) is 0 Å². The van der Waals surface area contributed by atoms with Crippen LogP contribution in [0.15, 0.2) is 224 Å². The summed E-state index contributed by atoms with van der Waals surface area (Å²) in [5.41, 5.74) is 9.25. The van der Waals surface area contributed by atoms with Gasteiger partial charge in [0.1, 0.15) is 0 Å². The minimum absolute atomic E-state index is 0.813. The second kappa shape index (κ2) is 14.0. The van der Waals surface area contributed by atoms with Crippen LogP contribution >= 0.6 is 0 Å². The summed E-state index contributed by atoms with van der Waals surface area (Å²) in [6.07, 6.45) is 10.1. The van der Waals surface area contributed by atoms with E-state index in [2.05, 4.69) is 228 Å². The first-order valence-electron chi connectivity index (χ1n) is 19.0. The number of anilines is 5. The van der Waals surface area contributed by atoms with Crippen LogP contribution in [0.5, 0.6) is 0 Å². The number of benzene rings is 9. The number of fused-ring (bicyclic) bond motifs is 6. The van der Waals surface area contributed by atoms with E-state index in [1.807, 2.05) is 0 Å². The molecule has 1 aliphatic carbocycles. The molecule has 0 spiro atoms. The number of hydrogen-bond acceptors (Lipinski definition) is 2. The van der Waals surface area contributed by atoms with Gasteiger partial charge in [0.2, 0.25) is 0 Å². The fourth-order valence-corrected chi connectivity index (χ4v) is 8.25.